The molecule has 0 aromatic heterocycles. The summed E-state index contributed by atoms with van der Waals surface area (Å²) in [6.07, 6.45) is 1.85. The summed E-state index contributed by atoms with van der Waals surface area (Å²) in [6, 6.07) is 6.44. The maximum atomic E-state index is 12.2. The molecule has 24 heavy (non-hydrogen) atoms. The fourth-order valence-electron chi connectivity index (χ4n) is 2.74. The number of nitrogens with zero attached hydrogens (tertiary/aromatic N) is 1. The molecular formula is C16H22N2O5S. The number of carbonyl (C=O) groups excluding carboxylic acids is 1. The van der Waals surface area contributed by atoms with Gasteiger partial charge in [0.1, 0.15) is 0 Å². The van der Waals surface area contributed by atoms with E-state index < -0.39 is 16.0 Å². The van der Waals surface area contributed by atoms with Crippen molar-refractivity contribution in [2.45, 2.75) is 30.6 Å². The monoisotopic (exact) mass is 354 g/mol. The quantitative estimate of drug-likeness (QED) is 0.788. The summed E-state index contributed by atoms with van der Waals surface area (Å²) in [5.74, 6) is -1.14. The van der Waals surface area contributed by atoms with Gasteiger partial charge in [-0.25, -0.2) is 13.1 Å². The molecule has 1 aliphatic heterocycles. The molecule has 2 rings (SSSR count). The number of likely N-dealkylation sites (tertiary alicyclic amines) is 1. The van der Waals surface area contributed by atoms with Gasteiger partial charge < -0.3 is 10.0 Å². The molecule has 0 bridgehead atoms. The normalized spacial score (nSPS) is 16.1. The number of carbonyl (C=O) groups is 2. The Labute approximate surface area is 141 Å². The van der Waals surface area contributed by atoms with Gasteiger partial charge in [0.25, 0.3) is 0 Å². The predicted molar refractivity (Wildman–Crippen MR) is 87.9 cm³/mol. The summed E-state index contributed by atoms with van der Waals surface area (Å²) in [5.41, 5.74) is 0.888. The largest absolute Gasteiger partial charge is 0.481 e. The van der Waals surface area contributed by atoms with Crippen molar-refractivity contribution in [3.63, 3.8) is 0 Å². The van der Waals surface area contributed by atoms with Crippen molar-refractivity contribution in [1.82, 2.24) is 9.62 Å². The number of nitrogens with one attached hydrogen (secondary N) is 1. The highest BCUT2D eigenvalue weighted by atomic mass is 32.2. The highest BCUT2D eigenvalue weighted by molar-refractivity contribution is 7.89. The zero-order chi connectivity index (χ0) is 17.7. The summed E-state index contributed by atoms with van der Waals surface area (Å²) >= 11 is 0. The van der Waals surface area contributed by atoms with Gasteiger partial charge >= 0.3 is 5.97 Å². The van der Waals surface area contributed by atoms with E-state index in [9.17, 15) is 18.0 Å². The minimum Gasteiger partial charge on any atom is -0.481 e. The van der Waals surface area contributed by atoms with Crippen molar-refractivity contribution in [3.05, 3.63) is 29.8 Å². The van der Waals surface area contributed by atoms with Crippen molar-refractivity contribution in [1.29, 1.82) is 0 Å². The first kappa shape index (κ1) is 18.4. The van der Waals surface area contributed by atoms with Gasteiger partial charge in [-0.15, -0.1) is 0 Å². The average Bonchev–Trinajstić information content (AvgIpc) is 2.60. The first-order chi connectivity index (χ1) is 11.3. The van der Waals surface area contributed by atoms with Gasteiger partial charge in [-0.05, 0) is 44.0 Å². The lowest BCUT2D eigenvalue weighted by Crippen LogP contribution is -2.40. The molecule has 0 atom stereocenters. The van der Waals surface area contributed by atoms with Crippen molar-refractivity contribution >= 4 is 21.9 Å². The molecule has 7 nitrogen and oxygen atoms in total. The minimum atomic E-state index is -3.45. The highest BCUT2D eigenvalue weighted by Crippen LogP contribution is 2.18. The first-order valence-electron chi connectivity index (χ1n) is 7.86. The number of aryl methyl sites for hydroxylation is 1. The van der Waals surface area contributed by atoms with Crippen molar-refractivity contribution in [2.24, 2.45) is 5.92 Å². The van der Waals surface area contributed by atoms with Crippen LogP contribution in [0.5, 0.6) is 0 Å². The van der Waals surface area contributed by atoms with E-state index in [1.54, 1.807) is 17.0 Å². The molecule has 0 spiro atoms. The second-order valence-corrected chi connectivity index (χ2v) is 7.73. The summed E-state index contributed by atoms with van der Waals surface area (Å²) < 4.78 is 25.5. The zero-order valence-electron chi connectivity index (χ0n) is 13.6. The zero-order valence-corrected chi connectivity index (χ0v) is 14.4. The average molecular weight is 354 g/mol. The van der Waals surface area contributed by atoms with E-state index in [1.807, 2.05) is 0 Å². The summed E-state index contributed by atoms with van der Waals surface area (Å²) in [7, 11) is -2.09. The van der Waals surface area contributed by atoms with Crippen LogP contribution in [-0.2, 0) is 26.0 Å². The van der Waals surface area contributed by atoms with E-state index in [4.69, 9.17) is 5.11 Å². The molecule has 0 unspecified atom stereocenters. The van der Waals surface area contributed by atoms with Crippen LogP contribution in [0.3, 0.4) is 0 Å². The number of carboxylic acid groups (broad SMARTS) is 1. The van der Waals surface area contributed by atoms with E-state index in [2.05, 4.69) is 4.72 Å². The van der Waals surface area contributed by atoms with Gasteiger partial charge in [0.2, 0.25) is 15.9 Å². The standard InChI is InChI=1S/C16H22N2O5S/c1-17-24(22,23)14-5-2-12(3-6-14)4-7-15(19)18-10-8-13(9-11-18)16(20)21/h2-3,5-6,13,17H,4,7-11H2,1H3,(H,20,21). The molecule has 132 valence electrons. The van der Waals surface area contributed by atoms with Gasteiger partial charge in [-0.2, -0.15) is 0 Å². The van der Waals surface area contributed by atoms with Crippen LogP contribution in [-0.4, -0.2) is 50.4 Å². The van der Waals surface area contributed by atoms with Gasteiger partial charge in [0.15, 0.2) is 0 Å². The number of benzene rings is 1. The fraction of sp³-hybridized carbons (Fsp3) is 0.500. The molecular weight excluding hydrogens is 332 g/mol. The van der Waals surface area contributed by atoms with E-state index in [1.165, 1.54) is 19.2 Å². The molecule has 1 saturated heterocycles. The topological polar surface area (TPSA) is 104 Å². The second-order valence-electron chi connectivity index (χ2n) is 5.84. The van der Waals surface area contributed by atoms with Gasteiger partial charge in [0, 0.05) is 19.5 Å². The van der Waals surface area contributed by atoms with Crippen molar-refractivity contribution in [3.8, 4) is 0 Å². The van der Waals surface area contributed by atoms with Gasteiger partial charge in [-0.1, -0.05) is 12.1 Å². The third-order valence-electron chi connectivity index (χ3n) is 4.33. The lowest BCUT2D eigenvalue weighted by molar-refractivity contribution is -0.145. The van der Waals surface area contributed by atoms with Crippen molar-refractivity contribution in [2.75, 3.05) is 20.1 Å². The number of hydrogen-bond donors (Lipinski definition) is 2. The minimum absolute atomic E-state index is 0.00533. The third kappa shape index (κ3) is 4.55. The lowest BCUT2D eigenvalue weighted by Gasteiger charge is -2.30. The molecule has 1 aliphatic rings. The number of carboxylic acids is 1. The summed E-state index contributed by atoms with van der Waals surface area (Å²) in [4.78, 5) is 25.0. The molecule has 1 heterocycles. The number of piperidine rings is 1. The SMILES string of the molecule is CNS(=O)(=O)c1ccc(CCC(=O)N2CCC(C(=O)O)CC2)cc1. The van der Waals surface area contributed by atoms with Gasteiger partial charge in [-0.3, -0.25) is 9.59 Å². The lowest BCUT2D eigenvalue weighted by atomic mass is 9.96. The van der Waals surface area contributed by atoms with Gasteiger partial charge in [0.05, 0.1) is 10.8 Å². The molecule has 0 saturated carbocycles. The van der Waals surface area contributed by atoms with Crippen LogP contribution >= 0.6 is 0 Å². The Morgan fingerprint density at radius 2 is 1.79 bits per heavy atom. The molecule has 8 heteroatoms. The van der Waals surface area contributed by atoms with E-state index in [0.717, 1.165) is 5.56 Å². The maximum Gasteiger partial charge on any atom is 0.306 e. The second kappa shape index (κ2) is 7.76. The predicted octanol–water partition coefficient (Wildman–Crippen LogP) is 0.851. The van der Waals surface area contributed by atoms with Crippen LogP contribution < -0.4 is 4.72 Å². The maximum absolute atomic E-state index is 12.2. The number of amides is 1. The molecule has 1 fully saturated rings. The molecule has 0 radical (unpaired) electrons. The smallest absolute Gasteiger partial charge is 0.306 e. The Bertz CT molecular complexity index is 692. The molecule has 0 aliphatic carbocycles. The van der Waals surface area contributed by atoms with E-state index >= 15 is 0 Å². The van der Waals surface area contributed by atoms with Crippen LogP contribution in [0.25, 0.3) is 0 Å². The van der Waals surface area contributed by atoms with Crippen LogP contribution in [0.15, 0.2) is 29.2 Å². The summed E-state index contributed by atoms with van der Waals surface area (Å²) in [5, 5.41) is 8.96. The highest BCUT2D eigenvalue weighted by Gasteiger charge is 2.26. The Hall–Kier alpha value is -1.93. The number of sulfonamides is 1. The Kier molecular flexibility index (Phi) is 5.95. The molecule has 1 aromatic rings. The number of aliphatic carboxylic acids is 1. The van der Waals surface area contributed by atoms with E-state index in [-0.39, 0.29) is 16.7 Å². The van der Waals surface area contributed by atoms with Crippen molar-refractivity contribution < 1.29 is 23.1 Å². The van der Waals surface area contributed by atoms with Crippen LogP contribution in [0.1, 0.15) is 24.8 Å². The number of rotatable bonds is 6. The third-order valence-corrected chi connectivity index (χ3v) is 5.76. The molecule has 1 amide bonds. The fourth-order valence-corrected chi connectivity index (χ4v) is 3.47. The Morgan fingerprint density at radius 3 is 2.29 bits per heavy atom. The van der Waals surface area contributed by atoms with Crippen LogP contribution in [0.2, 0.25) is 0 Å². The Morgan fingerprint density at radius 1 is 1.21 bits per heavy atom. The number of hydrogen-bond acceptors (Lipinski definition) is 4. The molecule has 2 N–H and O–H groups in total. The molecule has 1 aromatic carbocycles. The summed E-state index contributed by atoms with van der Waals surface area (Å²) in [6.45, 7) is 0.963. The van der Waals surface area contributed by atoms with Crippen LogP contribution in [0.4, 0.5) is 0 Å². The Balaban J connectivity index is 1.85. The van der Waals surface area contributed by atoms with E-state index in [0.29, 0.717) is 38.8 Å². The first-order valence-corrected chi connectivity index (χ1v) is 9.35. The van der Waals surface area contributed by atoms with Crippen LogP contribution in [0, 0.1) is 5.92 Å².